The first-order valence-corrected chi connectivity index (χ1v) is 11.9. The molecule has 0 saturated heterocycles. The summed E-state index contributed by atoms with van der Waals surface area (Å²) < 4.78 is 44.3. The molecule has 0 spiro atoms. The highest BCUT2D eigenvalue weighted by Gasteiger charge is 2.30. The third-order valence-corrected chi connectivity index (χ3v) is 7.32. The van der Waals surface area contributed by atoms with Crippen LogP contribution in [0.5, 0.6) is 5.75 Å². The van der Waals surface area contributed by atoms with Crippen LogP contribution in [0, 0.1) is 20.8 Å². The number of thiophene rings is 1. The molecule has 0 saturated carbocycles. The van der Waals surface area contributed by atoms with Gasteiger partial charge in [-0.15, -0.1) is 11.3 Å². The van der Waals surface area contributed by atoms with Crippen LogP contribution in [-0.4, -0.2) is 12.4 Å². The van der Waals surface area contributed by atoms with Crippen molar-refractivity contribution in [2.24, 2.45) is 0 Å². The summed E-state index contributed by atoms with van der Waals surface area (Å²) in [6.45, 7) is 8.16. The van der Waals surface area contributed by atoms with E-state index in [1.807, 2.05) is 32.9 Å². The molecule has 0 amide bonds. The van der Waals surface area contributed by atoms with Crippen molar-refractivity contribution in [2.75, 3.05) is 6.61 Å². The van der Waals surface area contributed by atoms with Gasteiger partial charge in [0.2, 0.25) is 0 Å². The number of Topliss-reactive ketones (excluding diaryl/α,β-unsaturated/α-hetero) is 1. The number of alkyl halides is 3. The number of carbonyl (C=O) groups excluding carboxylic acids is 1. The van der Waals surface area contributed by atoms with Crippen molar-refractivity contribution < 1.29 is 22.7 Å². The lowest BCUT2D eigenvalue weighted by Crippen LogP contribution is -2.11. The normalized spacial score (nSPS) is 11.6. The van der Waals surface area contributed by atoms with Crippen LogP contribution >= 0.6 is 11.3 Å². The Kier molecular flexibility index (Phi) is 8.01. The zero-order chi connectivity index (χ0) is 24.2. The lowest BCUT2D eigenvalue weighted by atomic mass is 10.0. The average Bonchev–Trinajstić information content (AvgIpc) is 3.05. The van der Waals surface area contributed by atoms with Crippen molar-refractivity contribution in [3.8, 4) is 16.2 Å². The average molecular weight is 475 g/mol. The van der Waals surface area contributed by atoms with Crippen molar-refractivity contribution >= 4 is 17.1 Å². The van der Waals surface area contributed by atoms with Crippen molar-refractivity contribution in [1.29, 1.82) is 0 Å². The van der Waals surface area contributed by atoms with Gasteiger partial charge in [0.15, 0.2) is 5.78 Å². The standard InChI is InChI=1S/C27H29F3O2S/c1-5-6-23(31)16-32-24-13-7-20(15-17(24)2)8-14-25-18(3)19(4)26(33-25)21-9-11-22(12-10-21)27(28,29)30/h7,9-13,15H,5-6,8,14,16H2,1-4H3. The second-order valence-corrected chi connectivity index (χ2v) is 9.46. The first kappa shape index (κ1) is 25.0. The van der Waals surface area contributed by atoms with E-state index in [-0.39, 0.29) is 12.4 Å². The van der Waals surface area contributed by atoms with Crippen molar-refractivity contribution in [3.05, 3.63) is 75.2 Å². The van der Waals surface area contributed by atoms with E-state index in [1.54, 1.807) is 23.5 Å². The van der Waals surface area contributed by atoms with Gasteiger partial charge in [-0.1, -0.05) is 31.2 Å². The van der Waals surface area contributed by atoms with E-state index >= 15 is 0 Å². The van der Waals surface area contributed by atoms with Gasteiger partial charge < -0.3 is 4.74 Å². The summed E-state index contributed by atoms with van der Waals surface area (Å²) in [6, 6.07) is 11.4. The lowest BCUT2D eigenvalue weighted by Gasteiger charge is -2.10. The molecule has 0 radical (unpaired) electrons. The van der Waals surface area contributed by atoms with Crippen molar-refractivity contribution in [3.63, 3.8) is 0 Å². The largest absolute Gasteiger partial charge is 0.486 e. The fourth-order valence-corrected chi connectivity index (χ4v) is 5.09. The molecule has 0 aliphatic carbocycles. The Labute approximate surface area is 197 Å². The van der Waals surface area contributed by atoms with Gasteiger partial charge >= 0.3 is 6.18 Å². The molecule has 0 atom stereocenters. The fourth-order valence-electron chi connectivity index (χ4n) is 3.78. The monoisotopic (exact) mass is 474 g/mol. The Balaban J connectivity index is 1.68. The summed E-state index contributed by atoms with van der Waals surface area (Å²) >= 11 is 1.65. The number of benzene rings is 2. The van der Waals surface area contributed by atoms with Crippen molar-refractivity contribution in [2.45, 2.75) is 59.6 Å². The maximum atomic E-state index is 12.9. The Bertz CT molecular complexity index is 1110. The zero-order valence-electron chi connectivity index (χ0n) is 19.4. The van der Waals surface area contributed by atoms with Crippen LogP contribution in [0.1, 0.15) is 52.5 Å². The van der Waals surface area contributed by atoms with E-state index < -0.39 is 11.7 Å². The molecule has 0 N–H and O–H groups in total. The molecule has 0 bridgehead atoms. The Morgan fingerprint density at radius 1 is 0.970 bits per heavy atom. The topological polar surface area (TPSA) is 26.3 Å². The number of hydrogen-bond donors (Lipinski definition) is 0. The van der Waals surface area contributed by atoms with Gasteiger partial charge in [0.25, 0.3) is 0 Å². The third kappa shape index (κ3) is 6.26. The van der Waals surface area contributed by atoms with Crippen LogP contribution in [0.3, 0.4) is 0 Å². The maximum Gasteiger partial charge on any atom is 0.416 e. The molecule has 3 aromatic rings. The summed E-state index contributed by atoms with van der Waals surface area (Å²) in [5.41, 5.74) is 4.68. The molecular formula is C27H29F3O2S. The summed E-state index contributed by atoms with van der Waals surface area (Å²) in [7, 11) is 0. The van der Waals surface area contributed by atoms with Crippen LogP contribution in [-0.2, 0) is 23.8 Å². The quantitative estimate of drug-likeness (QED) is 0.315. The number of rotatable bonds is 9. The number of ether oxygens (including phenoxy) is 1. The van der Waals surface area contributed by atoms with Gasteiger partial charge in [0.1, 0.15) is 12.4 Å². The molecule has 33 heavy (non-hydrogen) atoms. The van der Waals surface area contributed by atoms with Gasteiger partial charge in [-0.25, -0.2) is 0 Å². The van der Waals surface area contributed by atoms with E-state index in [4.69, 9.17) is 4.74 Å². The van der Waals surface area contributed by atoms with E-state index in [1.165, 1.54) is 16.0 Å². The molecule has 1 heterocycles. The van der Waals surface area contributed by atoms with Crippen LogP contribution in [0.15, 0.2) is 42.5 Å². The molecule has 0 unspecified atom stereocenters. The predicted molar refractivity (Wildman–Crippen MR) is 128 cm³/mol. The van der Waals surface area contributed by atoms with E-state index in [2.05, 4.69) is 13.0 Å². The van der Waals surface area contributed by atoms with Gasteiger partial charge in [-0.3, -0.25) is 4.79 Å². The smallest absolute Gasteiger partial charge is 0.416 e. The highest BCUT2D eigenvalue weighted by Crippen LogP contribution is 2.38. The van der Waals surface area contributed by atoms with Crippen LogP contribution in [0.4, 0.5) is 13.2 Å². The minimum absolute atomic E-state index is 0.105. The molecule has 0 aliphatic rings. The highest BCUT2D eigenvalue weighted by atomic mass is 32.1. The summed E-state index contributed by atoms with van der Waals surface area (Å²) in [5.74, 6) is 0.837. The molecule has 2 aromatic carbocycles. The fraction of sp³-hybridized carbons (Fsp3) is 0.370. The van der Waals surface area contributed by atoms with Gasteiger partial charge in [0, 0.05) is 16.2 Å². The minimum atomic E-state index is -4.33. The molecular weight excluding hydrogens is 445 g/mol. The second-order valence-electron chi connectivity index (χ2n) is 8.36. The molecule has 0 aliphatic heterocycles. The van der Waals surface area contributed by atoms with Crippen LogP contribution in [0.25, 0.3) is 10.4 Å². The summed E-state index contributed by atoms with van der Waals surface area (Å²) in [4.78, 5) is 14.0. The van der Waals surface area contributed by atoms with Crippen molar-refractivity contribution in [1.82, 2.24) is 0 Å². The molecule has 2 nitrogen and oxygen atoms in total. The molecule has 3 rings (SSSR count). The SMILES string of the molecule is CCCC(=O)COc1ccc(CCc2sc(-c3ccc(C(F)(F)F)cc3)c(C)c2C)cc1C. The Morgan fingerprint density at radius 3 is 2.27 bits per heavy atom. The molecule has 1 aromatic heterocycles. The van der Waals surface area contributed by atoms with E-state index in [0.29, 0.717) is 6.42 Å². The number of aryl methyl sites for hydroxylation is 3. The number of hydrogen-bond acceptors (Lipinski definition) is 3. The number of ketones is 1. The molecule has 6 heteroatoms. The number of carbonyl (C=O) groups is 1. The first-order valence-electron chi connectivity index (χ1n) is 11.1. The minimum Gasteiger partial charge on any atom is -0.486 e. The predicted octanol–water partition coefficient (Wildman–Crippen LogP) is 7.89. The van der Waals surface area contributed by atoms with Gasteiger partial charge in [0.05, 0.1) is 5.56 Å². The van der Waals surface area contributed by atoms with Crippen LogP contribution < -0.4 is 4.74 Å². The zero-order valence-corrected chi connectivity index (χ0v) is 20.3. The third-order valence-electron chi connectivity index (χ3n) is 5.82. The molecule has 176 valence electrons. The summed E-state index contributed by atoms with van der Waals surface area (Å²) in [6.07, 6.45) is -1.27. The number of halogens is 3. The second kappa shape index (κ2) is 10.6. The Morgan fingerprint density at radius 2 is 1.67 bits per heavy atom. The summed E-state index contributed by atoms with van der Waals surface area (Å²) in [5, 5.41) is 0. The first-order chi connectivity index (χ1) is 15.6. The lowest BCUT2D eigenvalue weighted by molar-refractivity contribution is -0.137. The maximum absolute atomic E-state index is 12.9. The van der Waals surface area contributed by atoms with E-state index in [9.17, 15) is 18.0 Å². The molecule has 0 fully saturated rings. The van der Waals surface area contributed by atoms with E-state index in [0.717, 1.165) is 58.7 Å². The highest BCUT2D eigenvalue weighted by molar-refractivity contribution is 7.15. The van der Waals surface area contributed by atoms with Gasteiger partial charge in [-0.2, -0.15) is 13.2 Å². The van der Waals surface area contributed by atoms with Gasteiger partial charge in [-0.05, 0) is 86.1 Å². The Hall–Kier alpha value is -2.60. The van der Waals surface area contributed by atoms with Crippen LogP contribution in [0.2, 0.25) is 0 Å².